The van der Waals surface area contributed by atoms with Crippen LogP contribution in [0.4, 0.5) is 0 Å². The van der Waals surface area contributed by atoms with Gasteiger partial charge in [-0.3, -0.25) is 9.89 Å². The topological polar surface area (TPSA) is 83.6 Å². The summed E-state index contributed by atoms with van der Waals surface area (Å²) in [7, 11) is 0. The number of nitrogens with one attached hydrogen (secondary N) is 2. The van der Waals surface area contributed by atoms with Crippen LogP contribution in [-0.2, 0) is 6.54 Å². The van der Waals surface area contributed by atoms with Crippen molar-refractivity contribution in [1.82, 2.24) is 25.5 Å². The zero-order valence-corrected chi connectivity index (χ0v) is 8.84. The van der Waals surface area contributed by atoms with E-state index in [-0.39, 0.29) is 11.7 Å². The fraction of sp³-hybridized carbons (Fsp3) is 0.250. The molecule has 15 heavy (non-hydrogen) atoms. The van der Waals surface area contributed by atoms with E-state index in [1.807, 2.05) is 5.38 Å². The third kappa shape index (κ3) is 2.38. The third-order valence-corrected chi connectivity index (χ3v) is 2.46. The van der Waals surface area contributed by atoms with Crippen LogP contribution in [0.15, 0.2) is 11.6 Å². The maximum Gasteiger partial charge on any atom is 0.291 e. The molecule has 2 rings (SSSR count). The number of aryl methyl sites for hydroxylation is 1. The Morgan fingerprint density at radius 1 is 1.67 bits per heavy atom. The van der Waals surface area contributed by atoms with E-state index >= 15 is 0 Å². The van der Waals surface area contributed by atoms with Crippen LogP contribution < -0.4 is 5.32 Å². The van der Waals surface area contributed by atoms with Crippen molar-refractivity contribution in [2.24, 2.45) is 0 Å². The first kappa shape index (κ1) is 9.78. The number of aromatic nitrogens is 4. The van der Waals surface area contributed by atoms with Crippen LogP contribution in [-0.4, -0.2) is 26.1 Å². The van der Waals surface area contributed by atoms with Gasteiger partial charge in [-0.25, -0.2) is 9.97 Å². The lowest BCUT2D eigenvalue weighted by molar-refractivity contribution is 0.0941. The summed E-state index contributed by atoms with van der Waals surface area (Å²) in [4.78, 5) is 19.4. The van der Waals surface area contributed by atoms with Gasteiger partial charge in [0.15, 0.2) is 0 Å². The molecule has 0 aromatic carbocycles. The summed E-state index contributed by atoms with van der Waals surface area (Å²) in [6.45, 7) is 2.15. The van der Waals surface area contributed by atoms with Crippen LogP contribution in [0.1, 0.15) is 21.5 Å². The molecule has 0 aliphatic carbocycles. The Kier molecular flexibility index (Phi) is 2.72. The van der Waals surface area contributed by atoms with Crippen molar-refractivity contribution in [1.29, 1.82) is 0 Å². The van der Waals surface area contributed by atoms with Crippen LogP contribution in [0.2, 0.25) is 0 Å². The predicted octanol–water partition coefficient (Wildman–Crippen LogP) is 0.500. The normalized spacial score (nSPS) is 10.2. The van der Waals surface area contributed by atoms with E-state index in [4.69, 9.17) is 0 Å². The van der Waals surface area contributed by atoms with E-state index in [2.05, 4.69) is 25.5 Å². The van der Waals surface area contributed by atoms with Gasteiger partial charge in [0.25, 0.3) is 5.91 Å². The minimum absolute atomic E-state index is 0.157. The molecular formula is C8H9N5OS. The molecule has 2 aromatic heterocycles. The Balaban J connectivity index is 1.93. The van der Waals surface area contributed by atoms with Crippen molar-refractivity contribution in [2.75, 3.05) is 0 Å². The highest BCUT2D eigenvalue weighted by molar-refractivity contribution is 7.09. The zero-order chi connectivity index (χ0) is 10.7. The van der Waals surface area contributed by atoms with Gasteiger partial charge in [-0.2, -0.15) is 0 Å². The molecule has 2 heterocycles. The van der Waals surface area contributed by atoms with Crippen molar-refractivity contribution >= 4 is 17.2 Å². The highest BCUT2D eigenvalue weighted by Crippen LogP contribution is 2.02. The van der Waals surface area contributed by atoms with Crippen molar-refractivity contribution in [3.8, 4) is 0 Å². The summed E-state index contributed by atoms with van der Waals surface area (Å²) >= 11 is 1.49. The fourth-order valence-corrected chi connectivity index (χ4v) is 1.58. The van der Waals surface area contributed by atoms with Gasteiger partial charge in [0, 0.05) is 11.6 Å². The Hall–Kier alpha value is -1.76. The second-order valence-electron chi connectivity index (χ2n) is 2.85. The quantitative estimate of drug-likeness (QED) is 0.793. The summed E-state index contributed by atoms with van der Waals surface area (Å²) in [5.41, 5.74) is 0. The summed E-state index contributed by atoms with van der Waals surface area (Å²) < 4.78 is 0. The van der Waals surface area contributed by atoms with Gasteiger partial charge in [0.1, 0.15) is 10.8 Å². The maximum atomic E-state index is 11.5. The van der Waals surface area contributed by atoms with Crippen molar-refractivity contribution in [3.05, 3.63) is 28.2 Å². The SMILES string of the molecule is Cc1nc(C(=O)NCc2nccs2)n[nH]1. The summed E-state index contributed by atoms with van der Waals surface area (Å²) in [5, 5.41) is 11.8. The molecule has 0 saturated heterocycles. The number of thiazole rings is 1. The smallest absolute Gasteiger partial charge is 0.291 e. The lowest BCUT2D eigenvalue weighted by Crippen LogP contribution is -2.23. The van der Waals surface area contributed by atoms with Crippen LogP contribution in [0, 0.1) is 6.92 Å². The van der Waals surface area contributed by atoms with Gasteiger partial charge >= 0.3 is 0 Å². The van der Waals surface area contributed by atoms with Crippen LogP contribution in [0.3, 0.4) is 0 Å². The number of amides is 1. The molecule has 0 fully saturated rings. The molecular weight excluding hydrogens is 214 g/mol. The van der Waals surface area contributed by atoms with E-state index in [0.717, 1.165) is 5.01 Å². The Labute approximate surface area is 89.8 Å². The lowest BCUT2D eigenvalue weighted by atomic mass is 10.5. The molecule has 0 spiro atoms. The Morgan fingerprint density at radius 2 is 2.53 bits per heavy atom. The minimum Gasteiger partial charge on any atom is -0.343 e. The number of rotatable bonds is 3. The first-order valence-electron chi connectivity index (χ1n) is 4.31. The van der Waals surface area contributed by atoms with Gasteiger partial charge in [0.05, 0.1) is 6.54 Å². The van der Waals surface area contributed by atoms with Crippen molar-refractivity contribution < 1.29 is 4.79 Å². The molecule has 1 amide bonds. The van der Waals surface area contributed by atoms with Gasteiger partial charge in [-0.05, 0) is 6.92 Å². The molecule has 7 heteroatoms. The van der Waals surface area contributed by atoms with Crippen molar-refractivity contribution in [3.63, 3.8) is 0 Å². The number of hydrogen-bond acceptors (Lipinski definition) is 5. The van der Waals surface area contributed by atoms with E-state index in [9.17, 15) is 4.79 Å². The summed E-state index contributed by atoms with van der Waals surface area (Å²) in [6, 6.07) is 0. The predicted molar refractivity (Wildman–Crippen MR) is 54.4 cm³/mol. The highest BCUT2D eigenvalue weighted by Gasteiger charge is 2.10. The molecule has 0 saturated carbocycles. The summed E-state index contributed by atoms with van der Waals surface area (Å²) in [5.74, 6) is 0.480. The number of hydrogen-bond donors (Lipinski definition) is 2. The van der Waals surface area contributed by atoms with Crippen LogP contribution in [0.5, 0.6) is 0 Å². The molecule has 0 atom stereocenters. The number of H-pyrrole nitrogens is 1. The Bertz CT molecular complexity index is 449. The zero-order valence-electron chi connectivity index (χ0n) is 8.02. The molecule has 2 N–H and O–H groups in total. The highest BCUT2D eigenvalue weighted by atomic mass is 32.1. The number of nitrogens with zero attached hydrogens (tertiary/aromatic N) is 3. The fourth-order valence-electron chi connectivity index (χ4n) is 1.02. The third-order valence-electron chi connectivity index (χ3n) is 1.68. The second kappa shape index (κ2) is 4.18. The molecule has 0 aliphatic heterocycles. The number of carbonyl (C=O) groups excluding carboxylic acids is 1. The standard InChI is InChI=1S/C8H9N5OS/c1-5-11-7(13-12-5)8(14)10-4-6-9-2-3-15-6/h2-3H,4H2,1H3,(H,10,14)(H,11,12,13). The minimum atomic E-state index is -0.297. The maximum absolute atomic E-state index is 11.5. The average Bonchev–Trinajstić information content (AvgIpc) is 2.84. The van der Waals surface area contributed by atoms with Gasteiger partial charge in [-0.1, -0.05) is 0 Å². The molecule has 0 aliphatic rings. The van der Waals surface area contributed by atoms with Crippen molar-refractivity contribution in [2.45, 2.75) is 13.5 Å². The summed E-state index contributed by atoms with van der Waals surface area (Å²) in [6.07, 6.45) is 1.70. The molecule has 0 unspecified atom stereocenters. The van der Waals surface area contributed by atoms with Gasteiger partial charge < -0.3 is 5.32 Å². The monoisotopic (exact) mass is 223 g/mol. The van der Waals surface area contributed by atoms with Crippen LogP contribution in [0.25, 0.3) is 0 Å². The first-order chi connectivity index (χ1) is 7.25. The first-order valence-corrected chi connectivity index (χ1v) is 5.19. The molecule has 6 nitrogen and oxygen atoms in total. The number of aromatic amines is 1. The molecule has 0 radical (unpaired) electrons. The van der Waals surface area contributed by atoms with Gasteiger partial charge in [-0.15, -0.1) is 16.4 Å². The van der Waals surface area contributed by atoms with E-state index in [0.29, 0.717) is 12.4 Å². The number of carbonyl (C=O) groups is 1. The molecule has 78 valence electrons. The van der Waals surface area contributed by atoms with Crippen LogP contribution >= 0.6 is 11.3 Å². The lowest BCUT2D eigenvalue weighted by Gasteiger charge is -1.97. The average molecular weight is 223 g/mol. The molecule has 2 aromatic rings. The largest absolute Gasteiger partial charge is 0.343 e. The Morgan fingerprint density at radius 3 is 3.13 bits per heavy atom. The van der Waals surface area contributed by atoms with Gasteiger partial charge in [0.2, 0.25) is 5.82 Å². The van der Waals surface area contributed by atoms with E-state index in [1.54, 1.807) is 13.1 Å². The molecule has 0 bridgehead atoms. The van der Waals surface area contributed by atoms with E-state index < -0.39 is 0 Å². The van der Waals surface area contributed by atoms with E-state index in [1.165, 1.54) is 11.3 Å². The second-order valence-corrected chi connectivity index (χ2v) is 3.83.